The molecule has 0 aliphatic rings. The lowest BCUT2D eigenvalue weighted by atomic mass is 10.2. The normalized spacial score (nSPS) is 12.2. The number of halogens is 1. The molecule has 0 amide bonds. The van der Waals surface area contributed by atoms with Crippen LogP contribution in [0.4, 0.5) is 11.4 Å². The van der Waals surface area contributed by atoms with Crippen molar-refractivity contribution in [3.63, 3.8) is 0 Å². The molecule has 0 fully saturated rings. The van der Waals surface area contributed by atoms with Crippen LogP contribution in [0.1, 0.15) is 19.8 Å². The number of nitrogens with zero attached hydrogens (tertiary/aromatic N) is 1. The molecule has 17 heavy (non-hydrogen) atoms. The molecule has 1 aromatic rings. The fourth-order valence-electron chi connectivity index (χ4n) is 1.39. The number of aliphatic hydroxyl groups excluding tert-OH is 1. The van der Waals surface area contributed by atoms with Crippen LogP contribution in [0, 0.1) is 10.1 Å². The minimum atomic E-state index is -0.463. The van der Waals surface area contributed by atoms with Crippen LogP contribution in [-0.2, 0) is 0 Å². The smallest absolute Gasteiger partial charge is 0.292 e. The molecule has 0 spiro atoms. The van der Waals surface area contributed by atoms with E-state index in [2.05, 4.69) is 5.32 Å². The van der Waals surface area contributed by atoms with E-state index < -0.39 is 4.92 Å². The molecule has 1 aromatic carbocycles. The van der Waals surface area contributed by atoms with Gasteiger partial charge in [0.05, 0.1) is 11.0 Å². The molecule has 6 heteroatoms. The molecule has 2 N–H and O–H groups in total. The van der Waals surface area contributed by atoms with Crippen LogP contribution in [0.5, 0.6) is 0 Å². The quantitative estimate of drug-likeness (QED) is 0.608. The average Bonchev–Trinajstić information content (AvgIpc) is 2.28. The first-order chi connectivity index (χ1) is 8.04. The summed E-state index contributed by atoms with van der Waals surface area (Å²) >= 11 is 5.78. The predicted octanol–water partition coefficient (Wildman–Crippen LogP) is 2.82. The largest absolute Gasteiger partial charge is 0.393 e. The van der Waals surface area contributed by atoms with E-state index in [1.165, 1.54) is 18.2 Å². The van der Waals surface area contributed by atoms with E-state index in [-0.39, 0.29) is 11.8 Å². The summed E-state index contributed by atoms with van der Waals surface area (Å²) in [6.07, 6.45) is 0.820. The lowest BCUT2D eigenvalue weighted by Gasteiger charge is -2.10. The van der Waals surface area contributed by atoms with Gasteiger partial charge in [-0.15, -0.1) is 0 Å². The Balaban J connectivity index is 2.68. The second kappa shape index (κ2) is 6.42. The lowest BCUT2D eigenvalue weighted by molar-refractivity contribution is -0.384. The summed E-state index contributed by atoms with van der Waals surface area (Å²) in [5.74, 6) is 0. The molecule has 0 bridgehead atoms. The molecule has 0 saturated carbocycles. The first-order valence-electron chi connectivity index (χ1n) is 5.40. The minimum Gasteiger partial charge on any atom is -0.393 e. The van der Waals surface area contributed by atoms with Gasteiger partial charge in [-0.2, -0.15) is 0 Å². The van der Waals surface area contributed by atoms with Crippen LogP contribution in [0.15, 0.2) is 18.2 Å². The third-order valence-corrected chi connectivity index (χ3v) is 2.65. The van der Waals surface area contributed by atoms with Crippen LogP contribution < -0.4 is 5.32 Å². The molecular formula is C11H15ClN2O3. The van der Waals surface area contributed by atoms with Gasteiger partial charge in [-0.25, -0.2) is 0 Å². The van der Waals surface area contributed by atoms with E-state index in [9.17, 15) is 15.2 Å². The first kappa shape index (κ1) is 13.7. The van der Waals surface area contributed by atoms with E-state index in [0.29, 0.717) is 30.1 Å². The number of nitro benzene ring substituents is 1. The SMILES string of the molecule is CCC(O)CCNc1cc(Cl)ccc1[N+](=O)[O-]. The first-order valence-corrected chi connectivity index (χ1v) is 5.78. The van der Waals surface area contributed by atoms with Crippen LogP contribution in [0.2, 0.25) is 5.02 Å². The molecule has 0 saturated heterocycles. The Morgan fingerprint density at radius 3 is 2.88 bits per heavy atom. The van der Waals surface area contributed by atoms with Gasteiger partial charge in [0, 0.05) is 17.6 Å². The van der Waals surface area contributed by atoms with Crippen LogP contribution in [-0.4, -0.2) is 22.7 Å². The lowest BCUT2D eigenvalue weighted by Crippen LogP contribution is -2.12. The maximum absolute atomic E-state index is 10.8. The number of nitro groups is 1. The maximum atomic E-state index is 10.8. The van der Waals surface area contributed by atoms with Crippen LogP contribution >= 0.6 is 11.6 Å². The molecule has 0 heterocycles. The second-order valence-electron chi connectivity index (χ2n) is 3.70. The van der Waals surface area contributed by atoms with Gasteiger partial charge in [-0.3, -0.25) is 10.1 Å². The van der Waals surface area contributed by atoms with E-state index >= 15 is 0 Å². The zero-order valence-corrected chi connectivity index (χ0v) is 10.3. The van der Waals surface area contributed by atoms with Gasteiger partial charge < -0.3 is 10.4 Å². The molecule has 5 nitrogen and oxygen atoms in total. The van der Waals surface area contributed by atoms with Gasteiger partial charge in [0.2, 0.25) is 0 Å². The second-order valence-corrected chi connectivity index (χ2v) is 4.13. The van der Waals surface area contributed by atoms with Gasteiger partial charge in [0.1, 0.15) is 5.69 Å². The summed E-state index contributed by atoms with van der Waals surface area (Å²) < 4.78 is 0. The van der Waals surface area contributed by atoms with Crippen molar-refractivity contribution in [1.29, 1.82) is 0 Å². The standard InChI is InChI=1S/C11H15ClN2O3/c1-2-9(15)5-6-13-10-7-8(12)3-4-11(10)14(16)17/h3-4,7,9,13,15H,2,5-6H2,1H3. The van der Waals surface area contributed by atoms with Crippen molar-refractivity contribution in [2.75, 3.05) is 11.9 Å². The van der Waals surface area contributed by atoms with Crippen molar-refractivity contribution >= 4 is 23.0 Å². The number of nitrogens with one attached hydrogen (secondary N) is 1. The number of rotatable bonds is 6. The van der Waals surface area contributed by atoms with Crippen molar-refractivity contribution in [3.05, 3.63) is 33.3 Å². The average molecular weight is 259 g/mol. The number of hydrogen-bond acceptors (Lipinski definition) is 4. The summed E-state index contributed by atoms with van der Waals surface area (Å²) in [5.41, 5.74) is 0.367. The Bertz CT molecular complexity index is 398. The zero-order valence-electron chi connectivity index (χ0n) is 9.52. The highest BCUT2D eigenvalue weighted by Gasteiger charge is 2.13. The summed E-state index contributed by atoms with van der Waals surface area (Å²) in [6.45, 7) is 2.35. The van der Waals surface area contributed by atoms with Crippen molar-refractivity contribution in [1.82, 2.24) is 0 Å². The molecule has 1 rings (SSSR count). The zero-order chi connectivity index (χ0) is 12.8. The summed E-state index contributed by atoms with van der Waals surface area (Å²) in [5, 5.41) is 23.5. The predicted molar refractivity (Wildman–Crippen MR) is 67.5 cm³/mol. The highest BCUT2D eigenvalue weighted by Crippen LogP contribution is 2.27. The van der Waals surface area contributed by atoms with E-state index in [1.54, 1.807) is 0 Å². The Morgan fingerprint density at radius 2 is 2.29 bits per heavy atom. The van der Waals surface area contributed by atoms with Crippen molar-refractivity contribution in [2.24, 2.45) is 0 Å². The molecule has 0 radical (unpaired) electrons. The number of anilines is 1. The Labute approximate surface area is 105 Å². The van der Waals surface area contributed by atoms with Crippen LogP contribution in [0.25, 0.3) is 0 Å². The molecular weight excluding hydrogens is 244 g/mol. The van der Waals surface area contributed by atoms with E-state index in [0.717, 1.165) is 0 Å². The van der Waals surface area contributed by atoms with Gasteiger partial charge in [0.15, 0.2) is 0 Å². The Hall–Kier alpha value is -1.33. The summed E-state index contributed by atoms with van der Waals surface area (Å²) in [4.78, 5) is 10.3. The molecule has 0 aliphatic carbocycles. The van der Waals surface area contributed by atoms with Crippen molar-refractivity contribution in [2.45, 2.75) is 25.9 Å². The van der Waals surface area contributed by atoms with Crippen LogP contribution in [0.3, 0.4) is 0 Å². The Kier molecular flexibility index (Phi) is 5.18. The Morgan fingerprint density at radius 1 is 1.59 bits per heavy atom. The fraction of sp³-hybridized carbons (Fsp3) is 0.455. The number of hydrogen-bond donors (Lipinski definition) is 2. The summed E-state index contributed by atoms with van der Waals surface area (Å²) in [7, 11) is 0. The monoisotopic (exact) mass is 258 g/mol. The van der Waals surface area contributed by atoms with Gasteiger partial charge >= 0.3 is 0 Å². The van der Waals surface area contributed by atoms with Gasteiger partial charge in [-0.1, -0.05) is 18.5 Å². The molecule has 0 aliphatic heterocycles. The molecule has 1 atom stereocenters. The van der Waals surface area contributed by atoms with E-state index in [4.69, 9.17) is 11.6 Å². The van der Waals surface area contributed by atoms with Gasteiger partial charge in [0.25, 0.3) is 5.69 Å². The van der Waals surface area contributed by atoms with Gasteiger partial charge in [-0.05, 0) is 25.0 Å². The third-order valence-electron chi connectivity index (χ3n) is 2.42. The topological polar surface area (TPSA) is 75.4 Å². The molecule has 94 valence electrons. The summed E-state index contributed by atoms with van der Waals surface area (Å²) in [6, 6.07) is 4.35. The van der Waals surface area contributed by atoms with E-state index in [1.807, 2.05) is 6.92 Å². The number of benzene rings is 1. The van der Waals surface area contributed by atoms with Crippen molar-refractivity contribution in [3.8, 4) is 0 Å². The molecule has 1 unspecified atom stereocenters. The van der Waals surface area contributed by atoms with Crippen molar-refractivity contribution < 1.29 is 10.0 Å². The number of aliphatic hydroxyl groups is 1. The molecule has 0 aromatic heterocycles. The third kappa shape index (κ3) is 4.20. The highest BCUT2D eigenvalue weighted by molar-refractivity contribution is 6.31. The minimum absolute atomic E-state index is 0.0135. The fourth-order valence-corrected chi connectivity index (χ4v) is 1.56. The highest BCUT2D eigenvalue weighted by atomic mass is 35.5. The maximum Gasteiger partial charge on any atom is 0.292 e.